The fourth-order valence-electron chi connectivity index (χ4n) is 1.96. The van der Waals surface area contributed by atoms with Gasteiger partial charge in [0.15, 0.2) is 0 Å². The molecule has 3 atom stereocenters. The van der Waals surface area contributed by atoms with Crippen molar-refractivity contribution in [2.24, 2.45) is 11.8 Å². The monoisotopic (exact) mass is 194 g/mol. The molecule has 2 aliphatic heterocycles. The lowest BCUT2D eigenvalue weighted by Crippen LogP contribution is -2.27. The summed E-state index contributed by atoms with van der Waals surface area (Å²) < 4.78 is 11.2. The molecular weight excluding hydrogens is 176 g/mol. The molecule has 0 aromatic carbocycles. The van der Waals surface area contributed by atoms with E-state index in [-0.39, 0.29) is 6.10 Å². The first-order valence-electron chi connectivity index (χ1n) is 5.40. The number of rotatable bonds is 1. The smallest absolute Gasteiger partial charge is 0.105 e. The average molecular weight is 194 g/mol. The summed E-state index contributed by atoms with van der Waals surface area (Å²) in [5.41, 5.74) is 0. The van der Waals surface area contributed by atoms with Gasteiger partial charge in [-0.1, -0.05) is 6.92 Å². The van der Waals surface area contributed by atoms with Crippen molar-refractivity contribution < 1.29 is 9.47 Å². The maximum Gasteiger partial charge on any atom is 0.105 e. The first kappa shape index (κ1) is 9.63. The van der Waals surface area contributed by atoms with Crippen molar-refractivity contribution in [3.63, 3.8) is 0 Å². The number of ether oxygens (including phenoxy) is 2. The molecule has 0 aliphatic carbocycles. The molecule has 2 nitrogen and oxygen atoms in total. The van der Waals surface area contributed by atoms with Crippen LogP contribution in [0, 0.1) is 11.8 Å². The van der Waals surface area contributed by atoms with Crippen molar-refractivity contribution in [3.8, 4) is 0 Å². The van der Waals surface area contributed by atoms with E-state index in [1.165, 1.54) is 0 Å². The second-order valence-electron chi connectivity index (χ2n) is 4.31. The van der Waals surface area contributed by atoms with E-state index in [2.05, 4.69) is 26.0 Å². The van der Waals surface area contributed by atoms with Gasteiger partial charge in [-0.15, -0.1) is 0 Å². The van der Waals surface area contributed by atoms with Gasteiger partial charge in [-0.25, -0.2) is 0 Å². The Morgan fingerprint density at radius 3 is 2.79 bits per heavy atom. The van der Waals surface area contributed by atoms with Crippen LogP contribution in [0.3, 0.4) is 0 Å². The standard InChI is InChI=1S/C12H18O2/c1-9-5-6-12(14-8-9)11-4-3-7-13-10(11)2/h3,6-7,9-11H,4-5,8H2,1-2H3. The van der Waals surface area contributed by atoms with E-state index in [4.69, 9.17) is 9.47 Å². The van der Waals surface area contributed by atoms with E-state index in [0.29, 0.717) is 11.8 Å². The molecule has 0 spiro atoms. The Labute approximate surface area is 85.6 Å². The zero-order valence-corrected chi connectivity index (χ0v) is 8.90. The van der Waals surface area contributed by atoms with Gasteiger partial charge in [-0.3, -0.25) is 0 Å². The van der Waals surface area contributed by atoms with Crippen LogP contribution >= 0.6 is 0 Å². The van der Waals surface area contributed by atoms with Gasteiger partial charge >= 0.3 is 0 Å². The van der Waals surface area contributed by atoms with Gasteiger partial charge < -0.3 is 9.47 Å². The van der Waals surface area contributed by atoms with Crippen LogP contribution in [0.25, 0.3) is 0 Å². The quantitative estimate of drug-likeness (QED) is 0.639. The van der Waals surface area contributed by atoms with Crippen LogP contribution in [-0.4, -0.2) is 12.7 Å². The van der Waals surface area contributed by atoms with Gasteiger partial charge in [0, 0.05) is 0 Å². The summed E-state index contributed by atoms with van der Waals surface area (Å²) in [7, 11) is 0. The highest BCUT2D eigenvalue weighted by Crippen LogP contribution is 2.30. The van der Waals surface area contributed by atoms with Crippen LogP contribution in [-0.2, 0) is 9.47 Å². The molecule has 0 bridgehead atoms. The predicted molar refractivity (Wildman–Crippen MR) is 55.6 cm³/mol. The molecule has 0 aromatic rings. The van der Waals surface area contributed by atoms with Gasteiger partial charge in [-0.2, -0.15) is 0 Å². The minimum absolute atomic E-state index is 0.250. The largest absolute Gasteiger partial charge is 0.498 e. The molecule has 0 aromatic heterocycles. The highest BCUT2D eigenvalue weighted by molar-refractivity contribution is 5.08. The lowest BCUT2D eigenvalue weighted by Gasteiger charge is -2.31. The highest BCUT2D eigenvalue weighted by Gasteiger charge is 2.27. The van der Waals surface area contributed by atoms with Crippen LogP contribution < -0.4 is 0 Å². The molecule has 2 heteroatoms. The van der Waals surface area contributed by atoms with Gasteiger partial charge in [0.1, 0.15) is 6.10 Å². The SMILES string of the molecule is CC1CC=C(C2CC=COC2C)OC1. The van der Waals surface area contributed by atoms with Crippen molar-refractivity contribution in [2.75, 3.05) is 6.61 Å². The van der Waals surface area contributed by atoms with Crippen molar-refractivity contribution in [3.05, 3.63) is 24.2 Å². The lowest BCUT2D eigenvalue weighted by atomic mass is 9.92. The van der Waals surface area contributed by atoms with Gasteiger partial charge in [0.2, 0.25) is 0 Å². The third kappa shape index (κ3) is 1.94. The van der Waals surface area contributed by atoms with Gasteiger partial charge in [0.25, 0.3) is 0 Å². The van der Waals surface area contributed by atoms with E-state index in [1.54, 1.807) is 6.26 Å². The van der Waals surface area contributed by atoms with E-state index >= 15 is 0 Å². The van der Waals surface area contributed by atoms with E-state index in [0.717, 1.165) is 25.2 Å². The van der Waals surface area contributed by atoms with Gasteiger partial charge in [0.05, 0.1) is 24.5 Å². The number of hydrogen-bond donors (Lipinski definition) is 0. The van der Waals surface area contributed by atoms with Crippen LogP contribution in [0.5, 0.6) is 0 Å². The van der Waals surface area contributed by atoms with Crippen molar-refractivity contribution in [1.82, 2.24) is 0 Å². The van der Waals surface area contributed by atoms with E-state index in [9.17, 15) is 0 Å². The summed E-state index contributed by atoms with van der Waals surface area (Å²) in [5, 5.41) is 0. The zero-order chi connectivity index (χ0) is 9.97. The molecule has 3 unspecified atom stereocenters. The Kier molecular flexibility index (Phi) is 2.80. The molecule has 0 amide bonds. The number of allylic oxidation sites excluding steroid dienone is 2. The second-order valence-corrected chi connectivity index (χ2v) is 4.31. The van der Waals surface area contributed by atoms with E-state index < -0.39 is 0 Å². The molecule has 78 valence electrons. The van der Waals surface area contributed by atoms with Crippen molar-refractivity contribution >= 4 is 0 Å². The maximum absolute atomic E-state index is 5.75. The first-order valence-corrected chi connectivity index (χ1v) is 5.40. The second kappa shape index (κ2) is 4.07. The van der Waals surface area contributed by atoms with Crippen LogP contribution in [0.15, 0.2) is 24.2 Å². The van der Waals surface area contributed by atoms with Crippen molar-refractivity contribution in [1.29, 1.82) is 0 Å². The minimum atomic E-state index is 0.250. The Morgan fingerprint density at radius 2 is 2.14 bits per heavy atom. The fraction of sp³-hybridized carbons (Fsp3) is 0.667. The molecule has 0 saturated carbocycles. The summed E-state index contributed by atoms with van der Waals surface area (Å²) >= 11 is 0. The molecule has 0 radical (unpaired) electrons. The molecule has 2 rings (SSSR count). The fourth-order valence-corrected chi connectivity index (χ4v) is 1.96. The Morgan fingerprint density at radius 1 is 1.29 bits per heavy atom. The zero-order valence-electron chi connectivity index (χ0n) is 8.90. The molecule has 2 heterocycles. The molecule has 0 saturated heterocycles. The molecule has 0 N–H and O–H groups in total. The minimum Gasteiger partial charge on any atom is -0.498 e. The summed E-state index contributed by atoms with van der Waals surface area (Å²) in [4.78, 5) is 0. The normalized spacial score (nSPS) is 37.0. The van der Waals surface area contributed by atoms with Gasteiger partial charge in [-0.05, 0) is 37.8 Å². The molecule has 0 fully saturated rings. The first-order chi connectivity index (χ1) is 6.77. The molecule has 14 heavy (non-hydrogen) atoms. The number of hydrogen-bond acceptors (Lipinski definition) is 2. The molecular formula is C12H18O2. The Bertz CT molecular complexity index is 255. The lowest BCUT2D eigenvalue weighted by molar-refractivity contribution is 0.0492. The summed E-state index contributed by atoms with van der Waals surface area (Å²) in [6.07, 6.45) is 8.54. The topological polar surface area (TPSA) is 18.5 Å². The Hall–Kier alpha value is -0.920. The molecule has 2 aliphatic rings. The van der Waals surface area contributed by atoms with E-state index in [1.807, 2.05) is 0 Å². The predicted octanol–water partition coefficient (Wildman–Crippen LogP) is 2.87. The van der Waals surface area contributed by atoms with Crippen LogP contribution in [0.2, 0.25) is 0 Å². The third-order valence-electron chi connectivity index (χ3n) is 2.97. The highest BCUT2D eigenvalue weighted by atomic mass is 16.5. The maximum atomic E-state index is 5.75. The van der Waals surface area contributed by atoms with Crippen LogP contribution in [0.4, 0.5) is 0 Å². The Balaban J connectivity index is 2.04. The van der Waals surface area contributed by atoms with Crippen molar-refractivity contribution in [2.45, 2.75) is 32.8 Å². The summed E-state index contributed by atoms with van der Waals surface area (Å²) in [5.74, 6) is 2.22. The average Bonchev–Trinajstić information content (AvgIpc) is 2.20. The summed E-state index contributed by atoms with van der Waals surface area (Å²) in [6.45, 7) is 5.18. The third-order valence-corrected chi connectivity index (χ3v) is 2.97. The van der Waals surface area contributed by atoms with Crippen LogP contribution in [0.1, 0.15) is 26.7 Å². The summed E-state index contributed by atoms with van der Waals surface area (Å²) in [6, 6.07) is 0.